The molecule has 2 unspecified atom stereocenters. The molecular weight excluding hydrogens is 242 g/mol. The van der Waals surface area contributed by atoms with Crippen molar-refractivity contribution in [1.29, 1.82) is 0 Å². The lowest BCUT2D eigenvalue weighted by atomic mass is 9.81. The quantitative estimate of drug-likeness (QED) is 0.719. The number of rotatable bonds is 6. The van der Waals surface area contributed by atoms with E-state index in [1.54, 1.807) is 0 Å². The van der Waals surface area contributed by atoms with Gasteiger partial charge in [0.25, 0.3) is 0 Å². The predicted octanol–water partition coefficient (Wildman–Crippen LogP) is 4.92. The van der Waals surface area contributed by atoms with Crippen LogP contribution in [0.1, 0.15) is 38.2 Å². The average molecular weight is 269 g/mol. The molecule has 2 aromatic carbocycles. The number of fused-ring (bicyclic) bond motifs is 1. The maximum Gasteiger partial charge on any atom is -0.00189 e. The van der Waals surface area contributed by atoms with Crippen molar-refractivity contribution in [2.45, 2.75) is 32.6 Å². The van der Waals surface area contributed by atoms with E-state index in [4.69, 9.17) is 0 Å². The van der Waals surface area contributed by atoms with Crippen LogP contribution in [0.15, 0.2) is 42.5 Å². The molecule has 0 aliphatic rings. The molecule has 108 valence electrons. The summed E-state index contributed by atoms with van der Waals surface area (Å²) in [7, 11) is 4.33. The minimum Gasteiger partial charge on any atom is -0.309 e. The summed E-state index contributed by atoms with van der Waals surface area (Å²) in [6, 6.07) is 15.5. The van der Waals surface area contributed by atoms with Crippen LogP contribution >= 0.6 is 0 Å². The summed E-state index contributed by atoms with van der Waals surface area (Å²) in [6.45, 7) is 5.85. The summed E-state index contributed by atoms with van der Waals surface area (Å²) in [4.78, 5) is 2.29. The molecule has 2 atom stereocenters. The highest BCUT2D eigenvalue weighted by atomic mass is 15.0. The van der Waals surface area contributed by atoms with Gasteiger partial charge >= 0.3 is 0 Å². The van der Waals surface area contributed by atoms with Crippen LogP contribution < -0.4 is 0 Å². The van der Waals surface area contributed by atoms with Crippen molar-refractivity contribution in [3.05, 3.63) is 48.0 Å². The first kappa shape index (κ1) is 15.1. The Labute approximate surface area is 123 Å². The van der Waals surface area contributed by atoms with Crippen molar-refractivity contribution in [3.8, 4) is 0 Å². The van der Waals surface area contributed by atoms with E-state index in [-0.39, 0.29) is 0 Å². The molecule has 0 fully saturated rings. The Morgan fingerprint density at radius 2 is 1.70 bits per heavy atom. The lowest BCUT2D eigenvalue weighted by Gasteiger charge is -2.26. The summed E-state index contributed by atoms with van der Waals surface area (Å²) >= 11 is 0. The van der Waals surface area contributed by atoms with Gasteiger partial charge in [0.05, 0.1) is 0 Å². The lowest BCUT2D eigenvalue weighted by Crippen LogP contribution is -2.19. The third-order valence-corrected chi connectivity index (χ3v) is 4.44. The third-order valence-electron chi connectivity index (χ3n) is 4.44. The normalized spacial score (nSPS) is 14.7. The van der Waals surface area contributed by atoms with Crippen LogP contribution in [0.25, 0.3) is 10.8 Å². The lowest BCUT2D eigenvalue weighted by molar-refractivity contribution is 0.340. The minimum atomic E-state index is 0.647. The molecule has 1 heteroatoms. The van der Waals surface area contributed by atoms with E-state index in [2.05, 4.69) is 75.3 Å². The molecule has 0 amide bonds. The van der Waals surface area contributed by atoms with Gasteiger partial charge in [-0.05, 0) is 55.2 Å². The molecule has 0 aliphatic heterocycles. The molecule has 2 aromatic rings. The second-order valence-corrected chi connectivity index (χ2v) is 6.15. The Kier molecular flexibility index (Phi) is 5.19. The van der Waals surface area contributed by atoms with Crippen LogP contribution in [0, 0.1) is 5.92 Å². The van der Waals surface area contributed by atoms with E-state index in [9.17, 15) is 0 Å². The second kappa shape index (κ2) is 6.90. The van der Waals surface area contributed by atoms with E-state index >= 15 is 0 Å². The van der Waals surface area contributed by atoms with Gasteiger partial charge < -0.3 is 4.90 Å². The predicted molar refractivity (Wildman–Crippen MR) is 89.3 cm³/mol. The van der Waals surface area contributed by atoms with Crippen LogP contribution in [-0.2, 0) is 0 Å². The van der Waals surface area contributed by atoms with Crippen LogP contribution in [0.5, 0.6) is 0 Å². The molecule has 0 radical (unpaired) electrons. The molecule has 0 N–H and O–H groups in total. The zero-order valence-corrected chi connectivity index (χ0v) is 13.3. The summed E-state index contributed by atoms with van der Waals surface area (Å²) in [5, 5.41) is 2.79. The molecular formula is C19H27N. The zero-order valence-electron chi connectivity index (χ0n) is 13.3. The highest BCUT2D eigenvalue weighted by Crippen LogP contribution is 2.34. The third kappa shape index (κ3) is 3.40. The van der Waals surface area contributed by atoms with Crippen molar-refractivity contribution in [2.75, 3.05) is 20.6 Å². The van der Waals surface area contributed by atoms with Crippen molar-refractivity contribution in [3.63, 3.8) is 0 Å². The minimum absolute atomic E-state index is 0.647. The molecule has 0 bridgehead atoms. The van der Waals surface area contributed by atoms with Crippen LogP contribution in [0.4, 0.5) is 0 Å². The fourth-order valence-corrected chi connectivity index (χ4v) is 3.00. The smallest absolute Gasteiger partial charge is 0.00189 e. The number of hydrogen-bond donors (Lipinski definition) is 0. The standard InChI is InChI=1S/C19H27N/c1-5-15(2)17(13-14-20(3)4)19-12-8-10-16-9-6-7-11-18(16)19/h6-12,15,17H,5,13-14H2,1-4H3. The van der Waals surface area contributed by atoms with Crippen molar-refractivity contribution >= 4 is 10.8 Å². The molecule has 2 rings (SSSR count). The van der Waals surface area contributed by atoms with E-state index in [0.717, 1.165) is 12.5 Å². The topological polar surface area (TPSA) is 3.24 Å². The molecule has 20 heavy (non-hydrogen) atoms. The molecule has 0 aromatic heterocycles. The highest BCUT2D eigenvalue weighted by Gasteiger charge is 2.19. The first-order chi connectivity index (χ1) is 9.63. The van der Waals surface area contributed by atoms with E-state index < -0.39 is 0 Å². The molecule has 0 saturated carbocycles. The number of hydrogen-bond acceptors (Lipinski definition) is 1. The molecule has 0 saturated heterocycles. The summed E-state index contributed by atoms with van der Waals surface area (Å²) < 4.78 is 0. The Balaban J connectivity index is 2.39. The van der Waals surface area contributed by atoms with Gasteiger partial charge in [-0.3, -0.25) is 0 Å². The molecule has 1 nitrogen and oxygen atoms in total. The maximum atomic E-state index is 2.39. The van der Waals surface area contributed by atoms with Gasteiger partial charge in [0.1, 0.15) is 0 Å². The number of benzene rings is 2. The van der Waals surface area contributed by atoms with Crippen LogP contribution in [0.2, 0.25) is 0 Å². The van der Waals surface area contributed by atoms with Gasteiger partial charge in [0.2, 0.25) is 0 Å². The van der Waals surface area contributed by atoms with Gasteiger partial charge in [-0.25, -0.2) is 0 Å². The Morgan fingerprint density at radius 3 is 2.40 bits per heavy atom. The fraction of sp³-hybridized carbons (Fsp3) is 0.474. The molecule has 0 heterocycles. The van der Waals surface area contributed by atoms with Gasteiger partial charge in [-0.15, -0.1) is 0 Å². The second-order valence-electron chi connectivity index (χ2n) is 6.15. The fourth-order valence-electron chi connectivity index (χ4n) is 3.00. The SMILES string of the molecule is CCC(C)C(CCN(C)C)c1cccc2ccccc12. The first-order valence-corrected chi connectivity index (χ1v) is 7.75. The van der Waals surface area contributed by atoms with Gasteiger partial charge in [-0.2, -0.15) is 0 Å². The average Bonchev–Trinajstić information content (AvgIpc) is 2.47. The van der Waals surface area contributed by atoms with Gasteiger partial charge in [0, 0.05) is 0 Å². The highest BCUT2D eigenvalue weighted by molar-refractivity contribution is 5.86. The van der Waals surface area contributed by atoms with E-state index in [1.807, 2.05) is 0 Å². The van der Waals surface area contributed by atoms with Gasteiger partial charge in [-0.1, -0.05) is 62.7 Å². The summed E-state index contributed by atoms with van der Waals surface area (Å²) in [6.07, 6.45) is 2.47. The van der Waals surface area contributed by atoms with Crippen molar-refractivity contribution in [1.82, 2.24) is 4.90 Å². The van der Waals surface area contributed by atoms with E-state index in [1.165, 1.54) is 29.2 Å². The monoisotopic (exact) mass is 269 g/mol. The van der Waals surface area contributed by atoms with Gasteiger partial charge in [0.15, 0.2) is 0 Å². The maximum absolute atomic E-state index is 2.39. The Morgan fingerprint density at radius 1 is 1.00 bits per heavy atom. The summed E-state index contributed by atoms with van der Waals surface area (Å²) in [5.41, 5.74) is 1.53. The first-order valence-electron chi connectivity index (χ1n) is 7.75. The zero-order chi connectivity index (χ0) is 14.5. The molecule has 0 spiro atoms. The largest absolute Gasteiger partial charge is 0.309 e. The summed E-state index contributed by atoms with van der Waals surface area (Å²) in [5.74, 6) is 1.37. The van der Waals surface area contributed by atoms with E-state index in [0.29, 0.717) is 5.92 Å². The Bertz CT molecular complexity index is 539. The van der Waals surface area contributed by atoms with Crippen molar-refractivity contribution < 1.29 is 0 Å². The Hall–Kier alpha value is -1.34. The number of nitrogens with zero attached hydrogens (tertiary/aromatic N) is 1. The van der Waals surface area contributed by atoms with Crippen LogP contribution in [-0.4, -0.2) is 25.5 Å². The van der Waals surface area contributed by atoms with Crippen LogP contribution in [0.3, 0.4) is 0 Å². The van der Waals surface area contributed by atoms with Crippen molar-refractivity contribution in [2.24, 2.45) is 5.92 Å². The molecule has 0 aliphatic carbocycles.